The summed E-state index contributed by atoms with van der Waals surface area (Å²) in [7, 11) is 2.16. The third-order valence-electron chi connectivity index (χ3n) is 11.9. The number of hydrogen-bond donors (Lipinski definition) is 1. The second kappa shape index (κ2) is 13.1. The Morgan fingerprint density at radius 1 is 1.08 bits per heavy atom. The predicted molar refractivity (Wildman–Crippen MR) is 187 cm³/mol. The Labute approximate surface area is 284 Å². The van der Waals surface area contributed by atoms with Crippen LogP contribution in [0, 0.1) is 17.2 Å². The summed E-state index contributed by atoms with van der Waals surface area (Å²) < 4.78 is 6.37. The lowest BCUT2D eigenvalue weighted by atomic mass is 9.50. The van der Waals surface area contributed by atoms with E-state index in [1.807, 2.05) is 11.0 Å². The summed E-state index contributed by atoms with van der Waals surface area (Å²) in [6, 6.07) is 18.2. The molecule has 2 saturated heterocycles. The first kappa shape index (κ1) is 31.3. The van der Waals surface area contributed by atoms with E-state index in [4.69, 9.17) is 14.7 Å². The second-order valence-corrected chi connectivity index (χ2v) is 14.9. The summed E-state index contributed by atoms with van der Waals surface area (Å²) in [5.41, 5.74) is 3.97. The number of amides is 1. The van der Waals surface area contributed by atoms with E-state index in [0.29, 0.717) is 56.3 Å². The highest BCUT2D eigenvalue weighted by Crippen LogP contribution is 2.56. The fourth-order valence-electron chi connectivity index (χ4n) is 8.98. The molecule has 0 spiro atoms. The molecule has 1 aromatic heterocycles. The standard InChI is InChI=1S/C39H47N7O2/c1-44-18-6-9-31(44)26-48-38-42-35-21-29(33-11-4-8-28-7-2-3-10-32(28)33)13-14-34(35)37(43-38)45-19-20-46(30(25-45)15-16-40)36(47)12-5-17-41-39-22-27(23-39)24-39/h2-5,7-8,10-12,27,29-31,41H,6,9,13-15,17-26H2,1H3/b12-5+. The summed E-state index contributed by atoms with van der Waals surface area (Å²) in [6.45, 7) is 4.15. The number of nitriles is 1. The molecular weight excluding hydrogens is 598 g/mol. The minimum atomic E-state index is -0.208. The maximum atomic E-state index is 13.4. The molecule has 2 bridgehead atoms. The average molecular weight is 646 g/mol. The molecule has 9 rings (SSSR count). The van der Waals surface area contributed by atoms with Crippen molar-refractivity contribution in [2.75, 3.05) is 51.3 Å². The molecule has 6 aliphatic rings. The molecule has 1 N–H and O–H groups in total. The van der Waals surface area contributed by atoms with Crippen molar-refractivity contribution >= 4 is 22.5 Å². The number of ether oxygens (including phenoxy) is 1. The number of anilines is 1. The van der Waals surface area contributed by atoms with Gasteiger partial charge >= 0.3 is 6.01 Å². The van der Waals surface area contributed by atoms with Gasteiger partial charge in [0.25, 0.3) is 0 Å². The molecule has 0 radical (unpaired) electrons. The summed E-state index contributed by atoms with van der Waals surface area (Å²) in [5, 5.41) is 16.0. The number of piperazine rings is 1. The summed E-state index contributed by atoms with van der Waals surface area (Å²) in [6.07, 6.45) is 12.8. The highest BCUT2D eigenvalue weighted by molar-refractivity contribution is 5.88. The van der Waals surface area contributed by atoms with Crippen molar-refractivity contribution in [1.29, 1.82) is 5.26 Å². The van der Waals surface area contributed by atoms with E-state index in [1.54, 1.807) is 6.08 Å². The first-order chi connectivity index (χ1) is 23.5. The van der Waals surface area contributed by atoms with E-state index in [9.17, 15) is 10.1 Å². The molecule has 3 saturated carbocycles. The van der Waals surface area contributed by atoms with Gasteiger partial charge in [0.1, 0.15) is 12.4 Å². The van der Waals surface area contributed by atoms with Crippen molar-refractivity contribution in [2.45, 2.75) is 81.3 Å². The number of hydrogen-bond acceptors (Lipinski definition) is 8. The largest absolute Gasteiger partial charge is 0.462 e. The Balaban J connectivity index is 1.03. The van der Waals surface area contributed by atoms with Crippen LogP contribution in [-0.2, 0) is 17.6 Å². The van der Waals surface area contributed by atoms with Crippen LogP contribution in [0.5, 0.6) is 6.01 Å². The van der Waals surface area contributed by atoms with E-state index in [-0.39, 0.29) is 18.4 Å². The maximum Gasteiger partial charge on any atom is 0.318 e. The second-order valence-electron chi connectivity index (χ2n) is 14.9. The van der Waals surface area contributed by atoms with E-state index in [2.05, 4.69) is 70.7 Å². The topological polar surface area (TPSA) is 97.6 Å². The van der Waals surface area contributed by atoms with E-state index < -0.39 is 0 Å². The quantitative estimate of drug-likeness (QED) is 0.308. The zero-order valence-electron chi connectivity index (χ0n) is 28.1. The van der Waals surface area contributed by atoms with E-state index in [1.165, 1.54) is 47.6 Å². The molecule has 48 heavy (non-hydrogen) atoms. The maximum absolute atomic E-state index is 13.4. The number of carbonyl (C=O) groups excluding carboxylic acids is 1. The van der Waals surface area contributed by atoms with Gasteiger partial charge in [-0.3, -0.25) is 4.79 Å². The van der Waals surface area contributed by atoms with Gasteiger partial charge in [-0.05, 0) is 93.1 Å². The number of carbonyl (C=O) groups is 1. The third-order valence-corrected chi connectivity index (χ3v) is 11.9. The number of nitrogens with zero attached hydrogens (tertiary/aromatic N) is 6. The number of likely N-dealkylation sites (N-methyl/N-ethyl adjacent to an activating group) is 1. The highest BCUT2D eigenvalue weighted by atomic mass is 16.5. The monoisotopic (exact) mass is 645 g/mol. The van der Waals surface area contributed by atoms with Gasteiger partial charge in [0.05, 0.1) is 24.2 Å². The highest BCUT2D eigenvalue weighted by Gasteiger charge is 2.55. The van der Waals surface area contributed by atoms with Crippen LogP contribution in [0.3, 0.4) is 0 Å². The number of aromatic nitrogens is 2. The average Bonchev–Trinajstić information content (AvgIpc) is 3.49. The van der Waals surface area contributed by atoms with Crippen molar-refractivity contribution < 1.29 is 9.53 Å². The Bertz CT molecular complexity index is 1730. The lowest BCUT2D eigenvalue weighted by Gasteiger charge is -2.62. The minimum absolute atomic E-state index is 0.0124. The molecule has 9 nitrogen and oxygen atoms in total. The predicted octanol–water partition coefficient (Wildman–Crippen LogP) is 5.00. The van der Waals surface area contributed by atoms with Crippen molar-refractivity contribution in [1.82, 2.24) is 25.1 Å². The molecule has 1 amide bonds. The van der Waals surface area contributed by atoms with Crippen LogP contribution in [0.1, 0.15) is 67.7 Å². The molecule has 250 valence electrons. The van der Waals surface area contributed by atoms with Gasteiger partial charge in [-0.2, -0.15) is 15.2 Å². The summed E-state index contributed by atoms with van der Waals surface area (Å²) >= 11 is 0. The number of benzene rings is 2. The van der Waals surface area contributed by atoms with Crippen LogP contribution >= 0.6 is 0 Å². The first-order valence-electron chi connectivity index (χ1n) is 18.0. The summed E-state index contributed by atoms with van der Waals surface area (Å²) in [4.78, 5) is 30.0. The molecule has 4 aliphatic carbocycles. The van der Waals surface area contributed by atoms with Crippen LogP contribution in [0.2, 0.25) is 0 Å². The number of rotatable bonds is 10. The fraction of sp³-hybridized carbons (Fsp3) is 0.538. The SMILES string of the molecule is CN1CCCC1COc1nc2c(c(N3CCN(C(=O)/C=C/CNC45CC(C4)C5)C(CC#N)C3)n1)CCC(c1cccc3ccccc13)C2. The smallest absolute Gasteiger partial charge is 0.318 e. The third kappa shape index (κ3) is 6.05. The normalized spacial score (nSPS) is 28.2. The zero-order chi connectivity index (χ0) is 32.7. The molecular formula is C39H47N7O2. The van der Waals surface area contributed by atoms with Crippen LogP contribution < -0.4 is 15.0 Å². The van der Waals surface area contributed by atoms with Crippen molar-refractivity contribution in [3.63, 3.8) is 0 Å². The zero-order valence-corrected chi connectivity index (χ0v) is 28.1. The Morgan fingerprint density at radius 3 is 2.73 bits per heavy atom. The van der Waals surface area contributed by atoms with Gasteiger partial charge in [-0.1, -0.05) is 48.5 Å². The molecule has 2 aromatic carbocycles. The van der Waals surface area contributed by atoms with Crippen molar-refractivity contribution in [3.05, 3.63) is 71.4 Å². The Hall–Kier alpha value is -4.00. The lowest BCUT2D eigenvalue weighted by Crippen LogP contribution is -2.66. The lowest BCUT2D eigenvalue weighted by molar-refractivity contribution is -0.128. The molecule has 3 atom stereocenters. The number of likely N-dealkylation sites (tertiary alicyclic amines) is 1. The van der Waals surface area contributed by atoms with E-state index >= 15 is 0 Å². The van der Waals surface area contributed by atoms with Crippen molar-refractivity contribution in [3.8, 4) is 12.1 Å². The van der Waals surface area contributed by atoms with Gasteiger partial charge in [-0.15, -0.1) is 0 Å². The van der Waals surface area contributed by atoms with Crippen molar-refractivity contribution in [2.24, 2.45) is 5.92 Å². The molecule has 3 heterocycles. The molecule has 3 unspecified atom stereocenters. The van der Waals surface area contributed by atoms with Gasteiger partial charge in [0, 0.05) is 49.4 Å². The number of fused-ring (bicyclic) bond motifs is 2. The Kier molecular flexibility index (Phi) is 8.56. The number of nitrogens with one attached hydrogen (secondary N) is 1. The molecule has 9 heteroatoms. The van der Waals surface area contributed by atoms with Crippen LogP contribution in [0.25, 0.3) is 10.8 Å². The Morgan fingerprint density at radius 2 is 1.94 bits per heavy atom. The van der Waals surface area contributed by atoms with Crippen LogP contribution in [-0.4, -0.2) is 89.7 Å². The molecule has 2 aliphatic heterocycles. The van der Waals surface area contributed by atoms with Gasteiger partial charge in [0.2, 0.25) is 5.91 Å². The fourth-order valence-corrected chi connectivity index (χ4v) is 8.98. The van der Waals surface area contributed by atoms with Gasteiger partial charge in [-0.25, -0.2) is 0 Å². The molecule has 5 fully saturated rings. The van der Waals surface area contributed by atoms with Gasteiger partial charge in [0.15, 0.2) is 0 Å². The van der Waals surface area contributed by atoms with Gasteiger partial charge < -0.3 is 24.8 Å². The van der Waals surface area contributed by atoms with Crippen LogP contribution in [0.4, 0.5) is 5.82 Å². The van der Waals surface area contributed by atoms with Crippen LogP contribution in [0.15, 0.2) is 54.6 Å². The summed E-state index contributed by atoms with van der Waals surface area (Å²) in [5.74, 6) is 2.19. The minimum Gasteiger partial charge on any atom is -0.462 e. The first-order valence-corrected chi connectivity index (χ1v) is 18.0. The molecule has 3 aromatic rings. The van der Waals surface area contributed by atoms with E-state index in [0.717, 1.165) is 49.7 Å².